The SMILES string of the molecule is O=[N+]([O-])c1cc(F)c(Br)cc1S(=O)(=O)N[C@@H]1COc2ccccc2C1. The van der Waals surface area contributed by atoms with Crippen LogP contribution in [0.25, 0.3) is 0 Å². The molecule has 2 aromatic rings. The van der Waals surface area contributed by atoms with Crippen molar-refractivity contribution in [1.29, 1.82) is 0 Å². The molecule has 1 aliphatic rings. The highest BCUT2D eigenvalue weighted by molar-refractivity contribution is 9.10. The second-order valence-electron chi connectivity index (χ2n) is 5.43. The maximum atomic E-state index is 13.5. The number of fused-ring (bicyclic) bond motifs is 1. The second-order valence-corrected chi connectivity index (χ2v) is 7.97. The van der Waals surface area contributed by atoms with E-state index in [1.165, 1.54) is 0 Å². The Kier molecular flexibility index (Phi) is 4.76. The van der Waals surface area contributed by atoms with Gasteiger partial charge in [-0.1, -0.05) is 18.2 Å². The number of ether oxygens (including phenoxy) is 1. The minimum atomic E-state index is -4.25. The first-order chi connectivity index (χ1) is 11.8. The fourth-order valence-electron chi connectivity index (χ4n) is 2.56. The minimum Gasteiger partial charge on any atom is -0.492 e. The van der Waals surface area contributed by atoms with Gasteiger partial charge in [-0.15, -0.1) is 0 Å². The zero-order valence-corrected chi connectivity index (χ0v) is 15.0. The normalized spacial score (nSPS) is 16.8. The standard InChI is InChI=1S/C15H12BrFN2O5S/c16-11-6-15(13(19(20)21)7-12(11)17)25(22,23)18-10-5-9-3-1-2-4-14(9)24-8-10/h1-4,6-7,10,18H,5,8H2/t10-/m0/s1. The van der Waals surface area contributed by atoms with E-state index >= 15 is 0 Å². The predicted octanol–water partition coefficient (Wildman–Crippen LogP) is 2.78. The lowest BCUT2D eigenvalue weighted by Crippen LogP contribution is -2.42. The van der Waals surface area contributed by atoms with Gasteiger partial charge in [-0.2, -0.15) is 0 Å². The number of benzene rings is 2. The Morgan fingerprint density at radius 3 is 2.76 bits per heavy atom. The van der Waals surface area contributed by atoms with Crippen LogP contribution in [0.15, 0.2) is 45.8 Å². The molecule has 0 bridgehead atoms. The van der Waals surface area contributed by atoms with Crippen molar-refractivity contribution >= 4 is 31.6 Å². The van der Waals surface area contributed by atoms with Crippen molar-refractivity contribution in [3.8, 4) is 5.75 Å². The molecular formula is C15H12BrFN2O5S. The first-order valence-electron chi connectivity index (χ1n) is 7.14. The largest absolute Gasteiger partial charge is 0.492 e. The third-order valence-electron chi connectivity index (χ3n) is 3.69. The quantitative estimate of drug-likeness (QED) is 0.593. The van der Waals surface area contributed by atoms with Crippen molar-refractivity contribution in [2.45, 2.75) is 17.4 Å². The second kappa shape index (κ2) is 6.70. The Bertz CT molecular complexity index is 951. The Balaban J connectivity index is 1.91. The lowest BCUT2D eigenvalue weighted by molar-refractivity contribution is -0.388. The van der Waals surface area contributed by atoms with Crippen molar-refractivity contribution in [1.82, 2.24) is 4.72 Å². The van der Waals surface area contributed by atoms with Gasteiger partial charge in [-0.05, 0) is 40.0 Å². The number of nitro groups is 1. The van der Waals surface area contributed by atoms with Crippen LogP contribution >= 0.6 is 15.9 Å². The molecule has 0 aliphatic carbocycles. The van der Waals surface area contributed by atoms with Crippen LogP contribution in [-0.4, -0.2) is 26.0 Å². The molecule has 1 aliphatic heterocycles. The Morgan fingerprint density at radius 1 is 1.32 bits per heavy atom. The molecule has 0 fully saturated rings. The number of para-hydroxylation sites is 1. The summed E-state index contributed by atoms with van der Waals surface area (Å²) in [5, 5.41) is 11.1. The zero-order chi connectivity index (χ0) is 18.2. The topological polar surface area (TPSA) is 98.5 Å². The Labute approximate surface area is 151 Å². The van der Waals surface area contributed by atoms with Crippen LogP contribution in [0, 0.1) is 15.9 Å². The molecule has 0 saturated heterocycles. The van der Waals surface area contributed by atoms with Crippen molar-refractivity contribution in [3.05, 3.63) is 62.4 Å². The van der Waals surface area contributed by atoms with E-state index in [0.717, 1.165) is 11.6 Å². The highest BCUT2D eigenvalue weighted by Gasteiger charge is 2.31. The zero-order valence-electron chi connectivity index (χ0n) is 12.6. The molecule has 2 aromatic carbocycles. The average Bonchev–Trinajstić information content (AvgIpc) is 2.56. The third kappa shape index (κ3) is 3.65. The van der Waals surface area contributed by atoms with Gasteiger partial charge in [0.25, 0.3) is 5.69 Å². The molecule has 0 unspecified atom stereocenters. The molecule has 0 radical (unpaired) electrons. The number of hydrogen-bond donors (Lipinski definition) is 1. The number of hydrogen-bond acceptors (Lipinski definition) is 5. The van der Waals surface area contributed by atoms with Crippen molar-refractivity contribution in [2.75, 3.05) is 6.61 Å². The molecule has 0 saturated carbocycles. The summed E-state index contributed by atoms with van der Waals surface area (Å²) >= 11 is 2.85. The third-order valence-corrected chi connectivity index (χ3v) is 5.85. The molecule has 132 valence electrons. The van der Waals surface area contributed by atoms with Gasteiger partial charge in [0.15, 0.2) is 4.90 Å². The number of rotatable bonds is 4. The fourth-order valence-corrected chi connectivity index (χ4v) is 4.46. The molecule has 1 atom stereocenters. The van der Waals surface area contributed by atoms with Crippen LogP contribution in [0.4, 0.5) is 10.1 Å². The van der Waals surface area contributed by atoms with Crippen LogP contribution in [0.5, 0.6) is 5.75 Å². The number of nitrogens with zero attached hydrogens (tertiary/aromatic N) is 1. The van der Waals surface area contributed by atoms with Crippen LogP contribution < -0.4 is 9.46 Å². The summed E-state index contributed by atoms with van der Waals surface area (Å²) in [5.74, 6) is -0.242. The first-order valence-corrected chi connectivity index (χ1v) is 9.42. The van der Waals surface area contributed by atoms with Gasteiger partial charge >= 0.3 is 0 Å². The van der Waals surface area contributed by atoms with Gasteiger partial charge in [0, 0.05) is 0 Å². The highest BCUT2D eigenvalue weighted by Crippen LogP contribution is 2.31. The Morgan fingerprint density at radius 2 is 2.04 bits per heavy atom. The summed E-state index contributed by atoms with van der Waals surface area (Å²) in [4.78, 5) is 9.55. The molecule has 0 spiro atoms. The molecule has 25 heavy (non-hydrogen) atoms. The molecule has 3 rings (SSSR count). The van der Waals surface area contributed by atoms with Crippen molar-refractivity contribution < 1.29 is 22.5 Å². The van der Waals surface area contributed by atoms with E-state index in [1.807, 2.05) is 12.1 Å². The van der Waals surface area contributed by atoms with Gasteiger partial charge in [0.2, 0.25) is 10.0 Å². The molecule has 1 heterocycles. The summed E-state index contributed by atoms with van der Waals surface area (Å²) in [7, 11) is -4.25. The van der Waals surface area contributed by atoms with Gasteiger partial charge in [0.05, 0.1) is 21.5 Å². The molecule has 7 nitrogen and oxygen atoms in total. The van der Waals surface area contributed by atoms with Gasteiger partial charge in [-0.3, -0.25) is 10.1 Å². The summed E-state index contributed by atoms with van der Waals surface area (Å²) < 4.78 is 46.4. The number of nitro benzene ring substituents is 1. The van der Waals surface area contributed by atoms with E-state index in [4.69, 9.17) is 4.74 Å². The molecule has 0 amide bonds. The van der Waals surface area contributed by atoms with E-state index in [9.17, 15) is 22.9 Å². The lowest BCUT2D eigenvalue weighted by atomic mass is 10.0. The predicted molar refractivity (Wildman–Crippen MR) is 90.5 cm³/mol. The van der Waals surface area contributed by atoms with E-state index in [-0.39, 0.29) is 11.1 Å². The Hall–Kier alpha value is -2.04. The summed E-state index contributed by atoms with van der Waals surface area (Å²) in [5.41, 5.74) is 0.00145. The summed E-state index contributed by atoms with van der Waals surface area (Å²) in [6.07, 6.45) is 0.381. The number of halogens is 2. The molecule has 0 aromatic heterocycles. The van der Waals surface area contributed by atoms with E-state index in [2.05, 4.69) is 20.7 Å². The van der Waals surface area contributed by atoms with Crippen LogP contribution in [0.1, 0.15) is 5.56 Å². The van der Waals surface area contributed by atoms with Crippen molar-refractivity contribution in [2.24, 2.45) is 0 Å². The maximum absolute atomic E-state index is 13.5. The first kappa shape index (κ1) is 17.8. The summed E-state index contributed by atoms with van der Waals surface area (Å²) in [6.45, 7) is 0.0897. The fraction of sp³-hybridized carbons (Fsp3) is 0.200. The van der Waals surface area contributed by atoms with E-state index in [1.54, 1.807) is 12.1 Å². The molecule has 10 heteroatoms. The number of sulfonamides is 1. The smallest absolute Gasteiger partial charge is 0.292 e. The van der Waals surface area contributed by atoms with Crippen LogP contribution in [0.2, 0.25) is 0 Å². The van der Waals surface area contributed by atoms with Gasteiger partial charge < -0.3 is 4.74 Å². The molecule has 1 N–H and O–H groups in total. The summed E-state index contributed by atoms with van der Waals surface area (Å²) in [6, 6.07) is 8.07. The monoisotopic (exact) mass is 430 g/mol. The van der Waals surface area contributed by atoms with Crippen LogP contribution in [-0.2, 0) is 16.4 Å². The maximum Gasteiger partial charge on any atom is 0.292 e. The van der Waals surface area contributed by atoms with Gasteiger partial charge in [0.1, 0.15) is 18.2 Å². The van der Waals surface area contributed by atoms with Crippen molar-refractivity contribution in [3.63, 3.8) is 0 Å². The van der Waals surface area contributed by atoms with Crippen LogP contribution in [0.3, 0.4) is 0 Å². The highest BCUT2D eigenvalue weighted by atomic mass is 79.9. The number of nitrogens with one attached hydrogen (secondary N) is 1. The van der Waals surface area contributed by atoms with E-state index in [0.29, 0.717) is 18.2 Å². The minimum absolute atomic E-state index is 0.0897. The van der Waals surface area contributed by atoms with E-state index < -0.39 is 37.4 Å². The van der Waals surface area contributed by atoms with Gasteiger partial charge in [-0.25, -0.2) is 17.5 Å². The molecular weight excluding hydrogens is 419 g/mol. The average molecular weight is 431 g/mol. The lowest BCUT2D eigenvalue weighted by Gasteiger charge is -2.25.